The van der Waals surface area contributed by atoms with E-state index in [1.807, 2.05) is 6.07 Å². The number of halogens is 1. The lowest BCUT2D eigenvalue weighted by Crippen LogP contribution is -2.39. The van der Waals surface area contributed by atoms with Crippen LogP contribution in [0.2, 0.25) is 5.02 Å². The number of benzene rings is 1. The number of para-hydroxylation sites is 1. The lowest BCUT2D eigenvalue weighted by Gasteiger charge is -2.24. The zero-order valence-electron chi connectivity index (χ0n) is 18.9. The van der Waals surface area contributed by atoms with Crippen LogP contribution in [0.1, 0.15) is 24.8 Å². The highest BCUT2D eigenvalue weighted by atomic mass is 35.5. The molecule has 8 nitrogen and oxygen atoms in total. The minimum Gasteiger partial charge on any atom is -0.504 e. The fraction of sp³-hybridized carbons (Fsp3) is 0.375. The maximum absolute atomic E-state index is 12.7. The maximum atomic E-state index is 12.7. The van der Waals surface area contributed by atoms with Crippen molar-refractivity contribution in [2.75, 3.05) is 32.1 Å². The quantitative estimate of drug-likeness (QED) is 0.323. The number of aromatic nitrogens is 1. The minimum absolute atomic E-state index is 0.121. The standard InChI is InChI=1S/C24H28ClN5O3S/c1-30-11-3-4-16(30)14-33-20-13-26-9-7-15(20)12-28-18-8-10-27-23(32)21(18)24(34)29-19-6-2-5-17(25)22(19)31/h2,5-7,9,13,16,28,31H,3-4,8,10-12,14H2,1H3,(H,27,32)(H,29,34). The summed E-state index contributed by atoms with van der Waals surface area (Å²) in [5, 5.41) is 19.5. The molecule has 3 heterocycles. The molecule has 2 aliphatic heterocycles. The number of likely N-dealkylation sites (N-methyl/N-ethyl adjacent to an activating group) is 1. The SMILES string of the molecule is CN1CCCC1COc1cnccc1CNC1=C(C(=S)Nc2cccc(Cl)c2O)C(=O)NCC1. The topological polar surface area (TPSA) is 98.8 Å². The largest absolute Gasteiger partial charge is 0.504 e. The summed E-state index contributed by atoms with van der Waals surface area (Å²) < 4.78 is 6.11. The summed E-state index contributed by atoms with van der Waals surface area (Å²) in [5.41, 5.74) is 2.34. The summed E-state index contributed by atoms with van der Waals surface area (Å²) in [5.74, 6) is 0.329. The third-order valence-electron chi connectivity index (χ3n) is 6.12. The fourth-order valence-corrected chi connectivity index (χ4v) is 4.63. The highest BCUT2D eigenvalue weighted by Gasteiger charge is 2.25. The van der Waals surface area contributed by atoms with Crippen LogP contribution < -0.4 is 20.7 Å². The molecule has 2 aliphatic rings. The molecule has 180 valence electrons. The normalized spacial score (nSPS) is 18.5. The number of nitrogens with zero attached hydrogens (tertiary/aromatic N) is 2. The second-order valence-corrected chi connectivity index (χ2v) is 9.19. The van der Waals surface area contributed by atoms with Crippen LogP contribution in [0, 0.1) is 0 Å². The number of amides is 1. The van der Waals surface area contributed by atoms with Gasteiger partial charge in [-0.15, -0.1) is 0 Å². The number of rotatable bonds is 8. The number of hydrogen-bond donors (Lipinski definition) is 4. The second-order valence-electron chi connectivity index (χ2n) is 8.37. The number of thiocarbonyl (C=S) groups is 1. The van der Waals surface area contributed by atoms with Gasteiger partial charge in [-0.1, -0.05) is 29.9 Å². The Labute approximate surface area is 209 Å². The Bertz CT molecular complexity index is 1110. The number of ether oxygens (including phenoxy) is 1. The number of hydrogen-bond acceptors (Lipinski definition) is 7. The van der Waals surface area contributed by atoms with Crippen molar-refractivity contribution < 1.29 is 14.6 Å². The monoisotopic (exact) mass is 501 g/mol. The van der Waals surface area contributed by atoms with E-state index in [-0.39, 0.29) is 21.7 Å². The van der Waals surface area contributed by atoms with Gasteiger partial charge in [0.15, 0.2) is 5.75 Å². The zero-order chi connectivity index (χ0) is 24.1. The molecule has 1 unspecified atom stereocenters. The number of nitrogens with one attached hydrogen (secondary N) is 3. The Morgan fingerprint density at radius 1 is 1.41 bits per heavy atom. The molecular weight excluding hydrogens is 474 g/mol. The van der Waals surface area contributed by atoms with Crippen LogP contribution in [-0.4, -0.2) is 58.7 Å². The van der Waals surface area contributed by atoms with Gasteiger partial charge in [0.05, 0.1) is 22.5 Å². The Morgan fingerprint density at radius 2 is 2.26 bits per heavy atom. The molecule has 0 aliphatic carbocycles. The number of carbonyl (C=O) groups is 1. The minimum atomic E-state index is -0.275. The fourth-order valence-electron chi connectivity index (χ4n) is 4.13. The average molecular weight is 502 g/mol. The maximum Gasteiger partial charge on any atom is 0.256 e. The van der Waals surface area contributed by atoms with Crippen LogP contribution >= 0.6 is 23.8 Å². The number of likely N-dealkylation sites (tertiary alicyclic amines) is 1. The smallest absolute Gasteiger partial charge is 0.256 e. The number of phenolic OH excluding ortho intramolecular Hbond substituents is 1. The van der Waals surface area contributed by atoms with Crippen molar-refractivity contribution in [2.45, 2.75) is 31.8 Å². The van der Waals surface area contributed by atoms with E-state index in [2.05, 4.69) is 32.9 Å². The molecule has 1 aromatic heterocycles. The number of phenols is 1. The second kappa shape index (κ2) is 11.0. The lowest BCUT2D eigenvalue weighted by molar-refractivity contribution is -0.117. The highest BCUT2D eigenvalue weighted by molar-refractivity contribution is 7.81. The third kappa shape index (κ3) is 5.60. The van der Waals surface area contributed by atoms with Gasteiger partial charge in [0.25, 0.3) is 5.91 Å². The van der Waals surface area contributed by atoms with E-state index >= 15 is 0 Å². The lowest BCUT2D eigenvalue weighted by atomic mass is 10.1. The number of anilines is 1. The molecule has 1 saturated heterocycles. The van der Waals surface area contributed by atoms with Gasteiger partial charge in [-0.2, -0.15) is 0 Å². The summed E-state index contributed by atoms with van der Waals surface area (Å²) in [6.45, 7) is 2.66. The van der Waals surface area contributed by atoms with Crippen molar-refractivity contribution in [1.29, 1.82) is 0 Å². The van der Waals surface area contributed by atoms with Gasteiger partial charge in [-0.25, -0.2) is 0 Å². The first-order chi connectivity index (χ1) is 16.4. The van der Waals surface area contributed by atoms with E-state index in [0.717, 1.165) is 30.0 Å². The molecule has 1 aromatic carbocycles. The van der Waals surface area contributed by atoms with E-state index in [9.17, 15) is 9.90 Å². The van der Waals surface area contributed by atoms with E-state index in [4.69, 9.17) is 28.6 Å². The van der Waals surface area contributed by atoms with Crippen molar-refractivity contribution in [3.63, 3.8) is 0 Å². The first-order valence-electron chi connectivity index (χ1n) is 11.2. The van der Waals surface area contributed by atoms with Crippen LogP contribution in [0.25, 0.3) is 0 Å². The first-order valence-corrected chi connectivity index (χ1v) is 12.0. The molecule has 1 fully saturated rings. The molecule has 4 N–H and O–H groups in total. The molecule has 1 amide bonds. The van der Waals surface area contributed by atoms with Crippen LogP contribution in [-0.2, 0) is 11.3 Å². The average Bonchev–Trinajstić information content (AvgIpc) is 3.24. The van der Waals surface area contributed by atoms with Crippen molar-refractivity contribution in [3.8, 4) is 11.5 Å². The van der Waals surface area contributed by atoms with E-state index in [1.54, 1.807) is 30.6 Å². The van der Waals surface area contributed by atoms with E-state index in [1.165, 1.54) is 6.42 Å². The summed E-state index contributed by atoms with van der Waals surface area (Å²) in [7, 11) is 2.12. The molecule has 1 atom stereocenters. The van der Waals surface area contributed by atoms with Gasteiger partial charge in [0.1, 0.15) is 17.3 Å². The van der Waals surface area contributed by atoms with Crippen LogP contribution in [0.15, 0.2) is 47.9 Å². The van der Waals surface area contributed by atoms with Crippen molar-refractivity contribution in [2.24, 2.45) is 0 Å². The Hall–Kier alpha value is -2.88. The molecule has 4 rings (SSSR count). The third-order valence-corrected chi connectivity index (χ3v) is 6.73. The summed E-state index contributed by atoms with van der Waals surface area (Å²) in [4.78, 5) is 19.4. The van der Waals surface area contributed by atoms with E-state index in [0.29, 0.717) is 43.4 Å². The van der Waals surface area contributed by atoms with Gasteiger partial charge in [0, 0.05) is 43.0 Å². The van der Waals surface area contributed by atoms with Crippen molar-refractivity contribution in [3.05, 3.63) is 58.5 Å². The van der Waals surface area contributed by atoms with E-state index < -0.39 is 0 Å². The van der Waals surface area contributed by atoms with Crippen LogP contribution in [0.5, 0.6) is 11.5 Å². The van der Waals surface area contributed by atoms with Gasteiger partial charge >= 0.3 is 0 Å². The number of aromatic hydroxyl groups is 1. The Morgan fingerprint density at radius 3 is 3.06 bits per heavy atom. The molecule has 0 radical (unpaired) electrons. The predicted molar refractivity (Wildman–Crippen MR) is 136 cm³/mol. The highest BCUT2D eigenvalue weighted by Crippen LogP contribution is 2.32. The van der Waals surface area contributed by atoms with Crippen molar-refractivity contribution in [1.82, 2.24) is 20.5 Å². The summed E-state index contributed by atoms with van der Waals surface area (Å²) >= 11 is 11.5. The van der Waals surface area contributed by atoms with Gasteiger partial charge in [-0.05, 0) is 44.6 Å². The first kappa shape index (κ1) is 24.3. The summed E-state index contributed by atoms with van der Waals surface area (Å²) in [6, 6.07) is 7.22. The van der Waals surface area contributed by atoms with Gasteiger partial charge in [-0.3, -0.25) is 9.78 Å². The van der Waals surface area contributed by atoms with Crippen LogP contribution in [0.4, 0.5) is 5.69 Å². The van der Waals surface area contributed by atoms with Gasteiger partial charge in [0.2, 0.25) is 0 Å². The Balaban J connectivity index is 1.48. The van der Waals surface area contributed by atoms with Crippen molar-refractivity contribution >= 4 is 40.4 Å². The van der Waals surface area contributed by atoms with Crippen LogP contribution in [0.3, 0.4) is 0 Å². The molecular formula is C24H28ClN5O3S. The number of carbonyl (C=O) groups excluding carboxylic acids is 1. The zero-order valence-corrected chi connectivity index (χ0v) is 20.5. The molecule has 0 saturated carbocycles. The molecule has 10 heteroatoms. The van der Waals surface area contributed by atoms with Gasteiger partial charge < -0.3 is 30.7 Å². The summed E-state index contributed by atoms with van der Waals surface area (Å²) in [6.07, 6.45) is 6.36. The number of pyridine rings is 1. The molecule has 2 aromatic rings. The predicted octanol–water partition coefficient (Wildman–Crippen LogP) is 3.22. The molecule has 0 bridgehead atoms. The molecule has 34 heavy (non-hydrogen) atoms. The Kier molecular flexibility index (Phi) is 7.87. The molecule has 0 spiro atoms.